The maximum absolute atomic E-state index is 12.4. The van der Waals surface area contributed by atoms with Crippen LogP contribution in [0.5, 0.6) is 0 Å². The van der Waals surface area contributed by atoms with E-state index in [4.69, 9.17) is 10.2 Å². The van der Waals surface area contributed by atoms with Gasteiger partial charge < -0.3 is 20.8 Å². The van der Waals surface area contributed by atoms with Gasteiger partial charge in [0.25, 0.3) is 11.8 Å². The van der Waals surface area contributed by atoms with Crippen LogP contribution in [0.4, 0.5) is 5.69 Å². The van der Waals surface area contributed by atoms with Crippen molar-refractivity contribution in [1.82, 2.24) is 5.32 Å². The third-order valence-corrected chi connectivity index (χ3v) is 4.06. The van der Waals surface area contributed by atoms with Gasteiger partial charge in [-0.05, 0) is 49.1 Å². The third-order valence-electron chi connectivity index (χ3n) is 4.06. The van der Waals surface area contributed by atoms with Crippen LogP contribution in [0.15, 0.2) is 47.1 Å². The van der Waals surface area contributed by atoms with Crippen molar-refractivity contribution in [3.63, 3.8) is 0 Å². The summed E-state index contributed by atoms with van der Waals surface area (Å²) in [7, 11) is 0. The minimum atomic E-state index is -0.434. The van der Waals surface area contributed by atoms with Gasteiger partial charge in [0.05, 0.1) is 6.26 Å². The second-order valence-corrected chi connectivity index (χ2v) is 6.10. The van der Waals surface area contributed by atoms with E-state index in [2.05, 4.69) is 10.6 Å². The average molecular weight is 341 g/mol. The Morgan fingerprint density at radius 3 is 2.60 bits per heavy atom. The molecule has 0 saturated heterocycles. The Labute approximate surface area is 144 Å². The van der Waals surface area contributed by atoms with Crippen LogP contribution in [0, 0.1) is 5.92 Å². The highest BCUT2D eigenvalue weighted by Gasteiger charge is 2.33. The number of hydrogen-bond donors (Lipinski definition) is 3. The number of carbonyl (C=O) groups is 3. The Kier molecular flexibility index (Phi) is 4.83. The lowest BCUT2D eigenvalue weighted by Crippen LogP contribution is -2.39. The molecule has 1 aliphatic rings. The zero-order valence-corrected chi connectivity index (χ0v) is 13.5. The minimum Gasteiger partial charge on any atom is -0.459 e. The number of nitrogens with one attached hydrogen (secondary N) is 2. The summed E-state index contributed by atoms with van der Waals surface area (Å²) in [5.74, 6) is -0.639. The third kappa shape index (κ3) is 4.47. The zero-order chi connectivity index (χ0) is 17.8. The van der Waals surface area contributed by atoms with Gasteiger partial charge >= 0.3 is 0 Å². The van der Waals surface area contributed by atoms with Crippen LogP contribution in [-0.4, -0.2) is 23.8 Å². The Hall–Kier alpha value is -3.09. The SMILES string of the molecule is NC(=O)C[C@@H](NC(=O)c1cccc(NC(=O)c2ccco2)c1)C1CC1. The van der Waals surface area contributed by atoms with E-state index >= 15 is 0 Å². The smallest absolute Gasteiger partial charge is 0.291 e. The van der Waals surface area contributed by atoms with Crippen molar-refractivity contribution in [2.24, 2.45) is 11.7 Å². The summed E-state index contributed by atoms with van der Waals surface area (Å²) >= 11 is 0. The van der Waals surface area contributed by atoms with E-state index in [-0.39, 0.29) is 24.1 Å². The van der Waals surface area contributed by atoms with Crippen molar-refractivity contribution >= 4 is 23.4 Å². The molecule has 1 fully saturated rings. The molecular formula is C18H19N3O4. The molecule has 0 aliphatic heterocycles. The molecule has 3 rings (SSSR count). The van der Waals surface area contributed by atoms with Gasteiger partial charge in [0.15, 0.2) is 5.76 Å². The lowest BCUT2D eigenvalue weighted by Gasteiger charge is -2.17. The van der Waals surface area contributed by atoms with E-state index in [1.165, 1.54) is 6.26 Å². The first-order valence-corrected chi connectivity index (χ1v) is 8.07. The Bertz CT molecular complexity index is 781. The first-order valence-electron chi connectivity index (χ1n) is 8.07. The van der Waals surface area contributed by atoms with E-state index in [1.807, 2.05) is 0 Å². The van der Waals surface area contributed by atoms with Gasteiger partial charge in [-0.25, -0.2) is 0 Å². The molecule has 0 unspecified atom stereocenters. The Balaban J connectivity index is 1.66. The quantitative estimate of drug-likeness (QED) is 0.713. The molecule has 25 heavy (non-hydrogen) atoms. The molecule has 1 heterocycles. The number of primary amides is 1. The number of carbonyl (C=O) groups excluding carboxylic acids is 3. The summed E-state index contributed by atoms with van der Waals surface area (Å²) in [5.41, 5.74) is 6.13. The second kappa shape index (κ2) is 7.21. The minimum absolute atomic E-state index is 0.130. The van der Waals surface area contributed by atoms with Gasteiger partial charge in [-0.1, -0.05) is 6.07 Å². The molecule has 0 spiro atoms. The summed E-state index contributed by atoms with van der Waals surface area (Å²) < 4.78 is 5.03. The fraction of sp³-hybridized carbons (Fsp3) is 0.278. The van der Waals surface area contributed by atoms with Gasteiger partial charge in [0, 0.05) is 23.7 Å². The fourth-order valence-corrected chi connectivity index (χ4v) is 2.64. The van der Waals surface area contributed by atoms with E-state index < -0.39 is 11.8 Å². The summed E-state index contributed by atoms with van der Waals surface area (Å²) in [4.78, 5) is 35.6. The highest BCUT2D eigenvalue weighted by molar-refractivity contribution is 6.03. The first kappa shape index (κ1) is 16.8. The fourth-order valence-electron chi connectivity index (χ4n) is 2.64. The predicted molar refractivity (Wildman–Crippen MR) is 90.9 cm³/mol. The monoisotopic (exact) mass is 341 g/mol. The highest BCUT2D eigenvalue weighted by Crippen LogP contribution is 2.34. The van der Waals surface area contributed by atoms with Gasteiger partial charge in [0.2, 0.25) is 5.91 Å². The molecule has 1 atom stereocenters. The van der Waals surface area contributed by atoms with Gasteiger partial charge in [-0.3, -0.25) is 14.4 Å². The van der Waals surface area contributed by atoms with Crippen LogP contribution in [-0.2, 0) is 4.79 Å². The molecule has 130 valence electrons. The number of hydrogen-bond acceptors (Lipinski definition) is 4. The van der Waals surface area contributed by atoms with Crippen molar-refractivity contribution in [1.29, 1.82) is 0 Å². The van der Waals surface area contributed by atoms with Crippen LogP contribution < -0.4 is 16.4 Å². The van der Waals surface area contributed by atoms with Gasteiger partial charge in [0.1, 0.15) is 0 Å². The highest BCUT2D eigenvalue weighted by atomic mass is 16.3. The molecule has 4 N–H and O–H groups in total. The molecule has 1 saturated carbocycles. The number of furan rings is 1. The summed E-state index contributed by atoms with van der Waals surface area (Å²) in [6.07, 6.45) is 3.51. The average Bonchev–Trinajstić information content (AvgIpc) is 3.28. The van der Waals surface area contributed by atoms with E-state index in [1.54, 1.807) is 36.4 Å². The first-order chi connectivity index (χ1) is 12.0. The maximum atomic E-state index is 12.4. The molecule has 2 aromatic rings. The van der Waals surface area contributed by atoms with Crippen molar-refractivity contribution in [2.75, 3.05) is 5.32 Å². The molecular weight excluding hydrogens is 322 g/mol. The van der Waals surface area contributed by atoms with Crippen molar-refractivity contribution in [3.8, 4) is 0 Å². The molecule has 1 aliphatic carbocycles. The van der Waals surface area contributed by atoms with E-state index in [9.17, 15) is 14.4 Å². The number of amides is 3. The molecule has 3 amide bonds. The van der Waals surface area contributed by atoms with Crippen LogP contribution >= 0.6 is 0 Å². The van der Waals surface area contributed by atoms with Crippen LogP contribution in [0.1, 0.15) is 40.2 Å². The number of rotatable bonds is 7. The number of benzene rings is 1. The summed E-state index contributed by atoms with van der Waals surface area (Å²) in [6, 6.07) is 9.50. The normalized spacial score (nSPS) is 14.6. The van der Waals surface area contributed by atoms with Gasteiger partial charge in [-0.2, -0.15) is 0 Å². The molecule has 0 radical (unpaired) electrons. The molecule has 0 bridgehead atoms. The molecule has 7 heteroatoms. The molecule has 1 aromatic heterocycles. The van der Waals surface area contributed by atoms with Crippen LogP contribution in [0.25, 0.3) is 0 Å². The van der Waals surface area contributed by atoms with Crippen molar-refractivity contribution < 1.29 is 18.8 Å². The number of anilines is 1. The van der Waals surface area contributed by atoms with Crippen molar-refractivity contribution in [2.45, 2.75) is 25.3 Å². The molecule has 1 aromatic carbocycles. The van der Waals surface area contributed by atoms with Gasteiger partial charge in [-0.15, -0.1) is 0 Å². The predicted octanol–water partition coefficient (Wildman–Crippen LogP) is 1.92. The lowest BCUT2D eigenvalue weighted by molar-refractivity contribution is -0.118. The van der Waals surface area contributed by atoms with Crippen molar-refractivity contribution in [3.05, 3.63) is 54.0 Å². The Morgan fingerprint density at radius 1 is 1.16 bits per heavy atom. The molecule has 7 nitrogen and oxygen atoms in total. The second-order valence-electron chi connectivity index (χ2n) is 6.10. The maximum Gasteiger partial charge on any atom is 0.291 e. The zero-order valence-electron chi connectivity index (χ0n) is 13.5. The van der Waals surface area contributed by atoms with Crippen LogP contribution in [0.3, 0.4) is 0 Å². The summed E-state index contributed by atoms with van der Waals surface area (Å²) in [5, 5.41) is 5.54. The lowest BCUT2D eigenvalue weighted by atomic mass is 10.1. The Morgan fingerprint density at radius 2 is 1.96 bits per heavy atom. The van der Waals surface area contributed by atoms with Crippen LogP contribution in [0.2, 0.25) is 0 Å². The van der Waals surface area contributed by atoms with E-state index in [0.29, 0.717) is 17.2 Å². The topological polar surface area (TPSA) is 114 Å². The number of nitrogens with two attached hydrogens (primary N) is 1. The standard InChI is InChI=1S/C18H19N3O4/c19-16(22)10-14(11-6-7-11)21-17(23)12-3-1-4-13(9-12)20-18(24)15-5-2-8-25-15/h1-5,8-9,11,14H,6-7,10H2,(H2,19,22)(H,20,24)(H,21,23)/t14-/m1/s1. The largest absolute Gasteiger partial charge is 0.459 e. The summed E-state index contributed by atoms with van der Waals surface area (Å²) in [6.45, 7) is 0. The van der Waals surface area contributed by atoms with E-state index in [0.717, 1.165) is 12.8 Å².